The SMILES string of the molecule is O=S(=O)([O-])C(F)(F)C(F)(F)OC(F)(C(F)(F)F)C(F)(F)OC(F)(F)C(F)F. The molecule has 5 nitrogen and oxygen atoms in total. The lowest BCUT2D eigenvalue weighted by Crippen LogP contribution is -2.65. The molecule has 0 spiro atoms. The summed E-state index contributed by atoms with van der Waals surface area (Å²) in [6.07, 6.45) is -35.0. The molecule has 0 heterocycles. The summed E-state index contributed by atoms with van der Waals surface area (Å²) in [6, 6.07) is 0. The van der Waals surface area contributed by atoms with Gasteiger partial charge in [-0.3, -0.25) is 4.74 Å². The van der Waals surface area contributed by atoms with Crippen LogP contribution in [0.4, 0.5) is 61.5 Å². The molecule has 0 fully saturated rings. The average Bonchev–Trinajstić information content (AvgIpc) is 2.33. The Bertz CT molecular complexity index is 641. The van der Waals surface area contributed by atoms with Crippen LogP contribution < -0.4 is 0 Å². The molecule has 0 rings (SSSR count). The average molecular weight is 463 g/mol. The minimum absolute atomic E-state index is 1.36. The summed E-state index contributed by atoms with van der Waals surface area (Å²) in [7, 11) is -7.72. The lowest BCUT2D eigenvalue weighted by Gasteiger charge is -2.38. The van der Waals surface area contributed by atoms with Crippen LogP contribution in [-0.2, 0) is 19.6 Å². The lowest BCUT2D eigenvalue weighted by molar-refractivity contribution is -0.540. The fourth-order valence-corrected chi connectivity index (χ4v) is 1.28. The molecule has 0 aromatic heterocycles. The number of rotatable bonds is 8. The third-order valence-corrected chi connectivity index (χ3v) is 3.04. The van der Waals surface area contributed by atoms with Crippen LogP contribution in [0.2, 0.25) is 0 Å². The summed E-state index contributed by atoms with van der Waals surface area (Å²) in [5.74, 6) is -7.77. The van der Waals surface area contributed by atoms with Crippen molar-refractivity contribution >= 4 is 10.1 Å². The molecule has 0 aliphatic heterocycles. The van der Waals surface area contributed by atoms with Crippen molar-refractivity contribution in [2.24, 2.45) is 0 Å². The van der Waals surface area contributed by atoms with Crippen LogP contribution in [0.15, 0.2) is 0 Å². The smallest absolute Gasteiger partial charge is 0.458 e. The number of halogens is 14. The van der Waals surface area contributed by atoms with Gasteiger partial charge in [0.1, 0.15) is 0 Å². The van der Waals surface area contributed by atoms with Crippen LogP contribution in [0.5, 0.6) is 0 Å². The Balaban J connectivity index is 6.37. The Hall–Kier alpha value is -1.15. The van der Waals surface area contributed by atoms with Gasteiger partial charge in [0.15, 0.2) is 10.1 Å². The first-order chi connectivity index (χ1) is 11.4. The summed E-state index contributed by atoms with van der Waals surface area (Å²) < 4.78 is 208. The van der Waals surface area contributed by atoms with E-state index in [1.54, 1.807) is 0 Å². The maximum Gasteiger partial charge on any atom is 0.458 e. The molecule has 27 heavy (non-hydrogen) atoms. The highest BCUT2D eigenvalue weighted by atomic mass is 32.2. The van der Waals surface area contributed by atoms with Crippen molar-refractivity contribution in [3.8, 4) is 0 Å². The molecular weight excluding hydrogens is 462 g/mol. The van der Waals surface area contributed by atoms with Gasteiger partial charge >= 0.3 is 42.0 Å². The number of alkyl halides is 14. The maximum absolute atomic E-state index is 13.4. The Morgan fingerprint density at radius 3 is 1.33 bits per heavy atom. The predicted octanol–water partition coefficient (Wildman–Crippen LogP) is 3.43. The number of ether oxygens (including phenoxy) is 2. The van der Waals surface area contributed by atoms with E-state index < -0.39 is 52.2 Å². The molecule has 0 bridgehead atoms. The van der Waals surface area contributed by atoms with Crippen LogP contribution in [0, 0.1) is 0 Å². The highest BCUT2D eigenvalue weighted by Gasteiger charge is 2.82. The van der Waals surface area contributed by atoms with E-state index in [2.05, 4.69) is 0 Å². The van der Waals surface area contributed by atoms with Crippen LogP contribution in [0.1, 0.15) is 0 Å². The van der Waals surface area contributed by atoms with Crippen LogP contribution in [-0.4, -0.2) is 55.0 Å². The normalized spacial score (nSPS) is 17.9. The topological polar surface area (TPSA) is 75.7 Å². The van der Waals surface area contributed by atoms with E-state index in [4.69, 9.17) is 0 Å². The predicted molar refractivity (Wildman–Crippen MR) is 47.6 cm³/mol. The number of hydrogen-bond donors (Lipinski definition) is 0. The van der Waals surface area contributed by atoms with Gasteiger partial charge < -0.3 is 4.55 Å². The monoisotopic (exact) mass is 463 g/mol. The zero-order chi connectivity index (χ0) is 22.5. The van der Waals surface area contributed by atoms with Gasteiger partial charge in [-0.1, -0.05) is 0 Å². The minimum Gasteiger partial charge on any atom is -0.743 e. The van der Waals surface area contributed by atoms with Gasteiger partial charge in [0.2, 0.25) is 0 Å². The first-order valence-electron chi connectivity index (χ1n) is 5.26. The second-order valence-corrected chi connectivity index (χ2v) is 5.59. The van der Waals surface area contributed by atoms with Crippen molar-refractivity contribution in [2.75, 3.05) is 0 Å². The summed E-state index contributed by atoms with van der Waals surface area (Å²) >= 11 is 0. The summed E-state index contributed by atoms with van der Waals surface area (Å²) in [6.45, 7) is 0. The quantitative estimate of drug-likeness (QED) is 0.408. The molecule has 0 aromatic carbocycles. The summed E-state index contributed by atoms with van der Waals surface area (Å²) in [5, 5.41) is -7.36. The van der Waals surface area contributed by atoms with Gasteiger partial charge in [-0.15, -0.1) is 0 Å². The summed E-state index contributed by atoms with van der Waals surface area (Å²) in [5.41, 5.74) is 0. The zero-order valence-electron chi connectivity index (χ0n) is 11.3. The van der Waals surface area contributed by atoms with Crippen molar-refractivity contribution < 1.29 is 83.9 Å². The molecule has 0 saturated heterocycles. The fraction of sp³-hybridized carbons (Fsp3) is 1.00. The van der Waals surface area contributed by atoms with E-state index in [1.165, 1.54) is 9.47 Å². The zero-order valence-corrected chi connectivity index (χ0v) is 12.1. The van der Waals surface area contributed by atoms with E-state index >= 15 is 0 Å². The molecular formula is C7HF14O5S-. The van der Waals surface area contributed by atoms with Gasteiger partial charge in [-0.25, -0.2) is 21.9 Å². The molecule has 0 aliphatic carbocycles. The Labute approximate surface area is 137 Å². The molecule has 0 N–H and O–H groups in total. The van der Waals surface area contributed by atoms with Gasteiger partial charge in [-0.05, 0) is 0 Å². The molecule has 0 saturated carbocycles. The highest BCUT2D eigenvalue weighted by molar-refractivity contribution is 7.86. The van der Waals surface area contributed by atoms with E-state index in [9.17, 15) is 74.4 Å². The molecule has 20 heteroatoms. The second-order valence-electron chi connectivity index (χ2n) is 4.16. The first kappa shape index (κ1) is 25.8. The molecule has 164 valence electrons. The molecule has 1 atom stereocenters. The maximum atomic E-state index is 13.4. The van der Waals surface area contributed by atoms with Gasteiger partial charge in [0.05, 0.1) is 0 Å². The Morgan fingerprint density at radius 2 is 1.07 bits per heavy atom. The number of hydrogen-bond acceptors (Lipinski definition) is 5. The third-order valence-electron chi connectivity index (χ3n) is 2.18. The van der Waals surface area contributed by atoms with Crippen molar-refractivity contribution in [1.29, 1.82) is 0 Å². The van der Waals surface area contributed by atoms with Crippen LogP contribution in [0.25, 0.3) is 0 Å². The molecule has 0 aliphatic rings. The second kappa shape index (κ2) is 6.72. The van der Waals surface area contributed by atoms with Crippen molar-refractivity contribution in [2.45, 2.75) is 42.0 Å². The molecule has 0 amide bonds. The molecule has 0 radical (unpaired) electrons. The van der Waals surface area contributed by atoms with E-state index in [0.29, 0.717) is 0 Å². The first-order valence-corrected chi connectivity index (χ1v) is 6.67. The van der Waals surface area contributed by atoms with Gasteiger partial charge in [0, 0.05) is 0 Å². The van der Waals surface area contributed by atoms with Crippen molar-refractivity contribution in [3.63, 3.8) is 0 Å². The molecule has 0 aromatic rings. The highest BCUT2D eigenvalue weighted by Crippen LogP contribution is 2.54. The van der Waals surface area contributed by atoms with Crippen LogP contribution in [0.3, 0.4) is 0 Å². The van der Waals surface area contributed by atoms with E-state index in [0.717, 1.165) is 0 Å². The van der Waals surface area contributed by atoms with E-state index in [-0.39, 0.29) is 0 Å². The van der Waals surface area contributed by atoms with Gasteiger partial charge in [0.25, 0.3) is 0 Å². The largest absolute Gasteiger partial charge is 0.743 e. The van der Waals surface area contributed by atoms with Crippen LogP contribution >= 0.6 is 0 Å². The van der Waals surface area contributed by atoms with Crippen molar-refractivity contribution in [1.82, 2.24) is 0 Å². The van der Waals surface area contributed by atoms with E-state index in [1.807, 2.05) is 0 Å². The minimum atomic E-state index is -7.77. The Kier molecular flexibility index (Phi) is 6.44. The third kappa shape index (κ3) is 4.65. The van der Waals surface area contributed by atoms with Gasteiger partial charge in [-0.2, -0.15) is 52.7 Å². The molecule has 1 unspecified atom stereocenters. The lowest BCUT2D eigenvalue weighted by atomic mass is 10.2. The van der Waals surface area contributed by atoms with Crippen molar-refractivity contribution in [3.05, 3.63) is 0 Å². The Morgan fingerprint density at radius 1 is 0.704 bits per heavy atom. The fourth-order valence-electron chi connectivity index (χ4n) is 0.945. The summed E-state index contributed by atoms with van der Waals surface area (Å²) in [4.78, 5) is 0. The standard InChI is InChI=1S/C7H2F14O5S/c8-1(9)2(10,11)25-5(16,17)3(12,4(13,14)15)26-6(18,19)7(20,21)27(22,23)24/h1H,(H,22,23,24)/p-1.